The van der Waals surface area contributed by atoms with Gasteiger partial charge in [0.15, 0.2) is 0 Å². The molecule has 0 N–H and O–H groups in total. The van der Waals surface area contributed by atoms with E-state index in [1.807, 2.05) is 25.1 Å². The van der Waals surface area contributed by atoms with Crippen molar-refractivity contribution in [1.29, 1.82) is 0 Å². The minimum Gasteiger partial charge on any atom is -0.438 e. The maximum Gasteiger partial charge on any atom is 0.238 e. The molecule has 0 aliphatic heterocycles. The van der Waals surface area contributed by atoms with Crippen LogP contribution in [0.4, 0.5) is 0 Å². The summed E-state index contributed by atoms with van der Waals surface area (Å²) in [5, 5.41) is 0.528. The highest BCUT2D eigenvalue weighted by Crippen LogP contribution is 2.29. The minimum atomic E-state index is 0.137. The maximum absolute atomic E-state index is 6.10. The van der Waals surface area contributed by atoms with Gasteiger partial charge in [-0.3, -0.25) is 0 Å². The number of ether oxygens (including phenoxy) is 1. The van der Waals surface area contributed by atoms with Crippen molar-refractivity contribution in [3.05, 3.63) is 52.7 Å². The van der Waals surface area contributed by atoms with Crippen LogP contribution in [0.1, 0.15) is 31.9 Å². The lowest BCUT2D eigenvalue weighted by Gasteiger charge is -2.19. The SMILES string of the molecule is Cc1cnc(Oc2ccc(C(C)(C)C)cc2)c(Cl)c1. The van der Waals surface area contributed by atoms with Gasteiger partial charge in [-0.15, -0.1) is 0 Å². The average molecular weight is 276 g/mol. The first-order chi connectivity index (χ1) is 8.86. The lowest BCUT2D eigenvalue weighted by Crippen LogP contribution is -2.10. The van der Waals surface area contributed by atoms with Crippen LogP contribution in [0.15, 0.2) is 36.5 Å². The molecular weight excluding hydrogens is 258 g/mol. The number of rotatable bonds is 2. The Kier molecular flexibility index (Phi) is 3.81. The van der Waals surface area contributed by atoms with E-state index in [0.29, 0.717) is 10.9 Å². The van der Waals surface area contributed by atoms with Crippen LogP contribution in [0.25, 0.3) is 0 Å². The molecule has 2 aromatic rings. The number of pyridine rings is 1. The molecule has 0 fully saturated rings. The molecule has 0 saturated heterocycles. The molecule has 0 aliphatic carbocycles. The fraction of sp³-hybridized carbons (Fsp3) is 0.312. The van der Waals surface area contributed by atoms with Gasteiger partial charge in [-0.05, 0) is 41.7 Å². The molecule has 1 aromatic heterocycles. The van der Waals surface area contributed by atoms with Gasteiger partial charge in [0.05, 0.1) is 0 Å². The molecule has 0 spiro atoms. The van der Waals surface area contributed by atoms with Crippen LogP contribution in [0.3, 0.4) is 0 Å². The van der Waals surface area contributed by atoms with E-state index < -0.39 is 0 Å². The highest BCUT2D eigenvalue weighted by molar-refractivity contribution is 6.31. The summed E-state index contributed by atoms with van der Waals surface area (Å²) < 4.78 is 5.69. The van der Waals surface area contributed by atoms with E-state index in [-0.39, 0.29) is 5.41 Å². The van der Waals surface area contributed by atoms with Crippen LogP contribution < -0.4 is 4.74 Å². The zero-order chi connectivity index (χ0) is 14.0. The number of halogens is 1. The van der Waals surface area contributed by atoms with Gasteiger partial charge in [-0.2, -0.15) is 0 Å². The average Bonchev–Trinajstić information content (AvgIpc) is 2.32. The summed E-state index contributed by atoms with van der Waals surface area (Å²) in [5.74, 6) is 1.18. The van der Waals surface area contributed by atoms with Crippen molar-refractivity contribution >= 4 is 11.6 Å². The van der Waals surface area contributed by atoms with Crippen LogP contribution in [0, 0.1) is 6.92 Å². The third-order valence-electron chi connectivity index (χ3n) is 2.88. The zero-order valence-corrected chi connectivity index (χ0v) is 12.5. The Labute approximate surface area is 119 Å². The zero-order valence-electron chi connectivity index (χ0n) is 11.7. The molecule has 0 amide bonds. The predicted octanol–water partition coefficient (Wildman–Crippen LogP) is 5.13. The Balaban J connectivity index is 2.20. The van der Waals surface area contributed by atoms with E-state index >= 15 is 0 Å². The summed E-state index contributed by atoms with van der Waals surface area (Å²) in [7, 11) is 0. The van der Waals surface area contributed by atoms with Crippen molar-refractivity contribution in [2.45, 2.75) is 33.1 Å². The first-order valence-electron chi connectivity index (χ1n) is 6.27. The third kappa shape index (κ3) is 3.48. The van der Waals surface area contributed by atoms with Crippen molar-refractivity contribution in [3.63, 3.8) is 0 Å². The Morgan fingerprint density at radius 2 is 1.74 bits per heavy atom. The van der Waals surface area contributed by atoms with Crippen molar-refractivity contribution in [2.24, 2.45) is 0 Å². The number of hydrogen-bond donors (Lipinski definition) is 0. The summed E-state index contributed by atoms with van der Waals surface area (Å²) in [6, 6.07) is 9.86. The molecule has 0 atom stereocenters. The standard InChI is InChI=1S/C16H18ClNO/c1-11-9-14(17)15(18-10-11)19-13-7-5-12(6-8-13)16(2,3)4/h5-10H,1-4H3. The summed E-state index contributed by atoms with van der Waals surface area (Å²) in [4.78, 5) is 4.19. The molecule has 1 aromatic carbocycles. The van der Waals surface area contributed by atoms with Gasteiger partial charge in [0, 0.05) is 6.20 Å². The monoisotopic (exact) mass is 275 g/mol. The number of nitrogens with zero attached hydrogens (tertiary/aromatic N) is 1. The second-order valence-corrected chi connectivity index (χ2v) is 6.08. The van der Waals surface area contributed by atoms with Crippen LogP contribution in [0.5, 0.6) is 11.6 Å². The first-order valence-corrected chi connectivity index (χ1v) is 6.64. The first kappa shape index (κ1) is 13.9. The van der Waals surface area contributed by atoms with Gasteiger partial charge in [0.1, 0.15) is 10.8 Å². The Morgan fingerprint density at radius 3 is 2.26 bits per heavy atom. The fourth-order valence-electron chi connectivity index (χ4n) is 1.73. The number of aryl methyl sites for hydroxylation is 1. The number of aromatic nitrogens is 1. The smallest absolute Gasteiger partial charge is 0.238 e. The summed E-state index contributed by atoms with van der Waals surface area (Å²) in [5.41, 5.74) is 2.42. The van der Waals surface area contributed by atoms with Gasteiger partial charge >= 0.3 is 0 Å². The van der Waals surface area contributed by atoms with Crippen molar-refractivity contribution < 1.29 is 4.74 Å². The predicted molar refractivity (Wildman–Crippen MR) is 79.2 cm³/mol. The van der Waals surface area contributed by atoms with Crippen molar-refractivity contribution in [2.75, 3.05) is 0 Å². The lowest BCUT2D eigenvalue weighted by molar-refractivity contribution is 0.462. The number of benzene rings is 1. The summed E-state index contributed by atoms with van der Waals surface area (Å²) in [6.07, 6.45) is 1.74. The molecule has 3 heteroatoms. The van der Waals surface area contributed by atoms with Crippen LogP contribution in [0.2, 0.25) is 5.02 Å². The van der Waals surface area contributed by atoms with E-state index in [0.717, 1.165) is 11.3 Å². The van der Waals surface area contributed by atoms with E-state index in [1.54, 1.807) is 6.20 Å². The van der Waals surface area contributed by atoms with E-state index in [2.05, 4.69) is 37.9 Å². The molecule has 19 heavy (non-hydrogen) atoms. The van der Waals surface area contributed by atoms with E-state index in [9.17, 15) is 0 Å². The highest BCUT2D eigenvalue weighted by atomic mass is 35.5. The summed E-state index contributed by atoms with van der Waals surface area (Å²) in [6.45, 7) is 8.49. The Hall–Kier alpha value is -1.54. The van der Waals surface area contributed by atoms with Gasteiger partial charge in [-0.1, -0.05) is 44.5 Å². The normalized spacial score (nSPS) is 11.4. The van der Waals surface area contributed by atoms with E-state index in [4.69, 9.17) is 16.3 Å². The molecule has 0 unspecified atom stereocenters. The molecule has 1 heterocycles. The van der Waals surface area contributed by atoms with Crippen molar-refractivity contribution in [1.82, 2.24) is 4.98 Å². The highest BCUT2D eigenvalue weighted by Gasteiger charge is 2.13. The molecule has 2 nitrogen and oxygen atoms in total. The Bertz CT molecular complexity index is 570. The molecular formula is C16H18ClNO. The van der Waals surface area contributed by atoms with Crippen LogP contribution in [-0.4, -0.2) is 4.98 Å². The molecule has 2 rings (SSSR count). The van der Waals surface area contributed by atoms with Crippen LogP contribution in [-0.2, 0) is 5.41 Å². The van der Waals surface area contributed by atoms with Gasteiger partial charge in [0.2, 0.25) is 5.88 Å². The molecule has 0 aliphatic rings. The molecule has 0 saturated carbocycles. The third-order valence-corrected chi connectivity index (χ3v) is 3.15. The fourth-order valence-corrected chi connectivity index (χ4v) is 1.99. The second kappa shape index (κ2) is 5.22. The minimum absolute atomic E-state index is 0.137. The number of hydrogen-bond acceptors (Lipinski definition) is 2. The van der Waals surface area contributed by atoms with Gasteiger partial charge < -0.3 is 4.74 Å². The van der Waals surface area contributed by atoms with Crippen molar-refractivity contribution in [3.8, 4) is 11.6 Å². The Morgan fingerprint density at radius 1 is 1.11 bits per heavy atom. The van der Waals surface area contributed by atoms with Gasteiger partial charge in [0.25, 0.3) is 0 Å². The van der Waals surface area contributed by atoms with E-state index in [1.165, 1.54) is 5.56 Å². The molecule has 0 bridgehead atoms. The van der Waals surface area contributed by atoms with Crippen LogP contribution >= 0.6 is 11.6 Å². The molecule has 0 radical (unpaired) electrons. The van der Waals surface area contributed by atoms with Gasteiger partial charge in [-0.25, -0.2) is 4.98 Å². The quantitative estimate of drug-likeness (QED) is 0.758. The molecule has 100 valence electrons. The largest absolute Gasteiger partial charge is 0.438 e. The second-order valence-electron chi connectivity index (χ2n) is 5.68. The lowest BCUT2D eigenvalue weighted by atomic mass is 9.87. The summed E-state index contributed by atoms with van der Waals surface area (Å²) >= 11 is 6.10. The topological polar surface area (TPSA) is 22.1 Å². The maximum atomic E-state index is 6.10.